The first-order valence-electron chi connectivity index (χ1n) is 17.3. The van der Waals surface area contributed by atoms with E-state index in [4.69, 9.17) is 0 Å². The van der Waals surface area contributed by atoms with Crippen molar-refractivity contribution in [3.63, 3.8) is 0 Å². The van der Waals surface area contributed by atoms with Gasteiger partial charge in [-0.25, -0.2) is 0 Å². The maximum Gasteiger partial charge on any atom is -0.00206 e. The average Bonchev–Trinajstić information content (AvgIpc) is 3.12. The van der Waals surface area contributed by atoms with E-state index in [1.165, 1.54) is 103 Å². The molecule has 0 unspecified atom stereocenters. The first-order valence-corrected chi connectivity index (χ1v) is 17.3. The van der Waals surface area contributed by atoms with Gasteiger partial charge in [-0.3, -0.25) is 0 Å². The highest BCUT2D eigenvalue weighted by atomic mass is 14.2. The minimum Gasteiger partial charge on any atom is -0.0683 e. The summed E-state index contributed by atoms with van der Waals surface area (Å²) in [7, 11) is 0. The van der Waals surface area contributed by atoms with Crippen molar-refractivity contribution in [3.05, 3.63) is 145 Å². The maximum absolute atomic E-state index is 2.39. The van der Waals surface area contributed by atoms with E-state index in [9.17, 15) is 0 Å². The summed E-state index contributed by atoms with van der Waals surface area (Å²) in [6, 6.07) is 52.9. The molecule has 0 heteroatoms. The average molecular weight is 615 g/mol. The molecule has 0 saturated carbocycles. The van der Waals surface area contributed by atoms with Gasteiger partial charge in [0.2, 0.25) is 0 Å². The molecule has 0 fully saturated rings. The monoisotopic (exact) mass is 614 g/mol. The summed E-state index contributed by atoms with van der Waals surface area (Å²) in [5.41, 5.74) is 6.60. The van der Waals surface area contributed by atoms with Gasteiger partial charge in [-0.1, -0.05) is 162 Å². The Hall–Kier alpha value is -5.46. The first-order chi connectivity index (χ1) is 23.4. The van der Waals surface area contributed by atoms with Crippen molar-refractivity contribution in [3.8, 4) is 22.3 Å². The van der Waals surface area contributed by atoms with E-state index >= 15 is 0 Å². The van der Waals surface area contributed by atoms with Gasteiger partial charge in [0.15, 0.2) is 0 Å². The van der Waals surface area contributed by atoms with Crippen LogP contribution in [0.4, 0.5) is 0 Å². The lowest BCUT2D eigenvalue weighted by Gasteiger charge is -2.22. The molecule has 0 spiro atoms. The molecule has 10 rings (SSSR count). The van der Waals surface area contributed by atoms with E-state index in [0.29, 0.717) is 0 Å². The summed E-state index contributed by atoms with van der Waals surface area (Å²) >= 11 is 0. The molecular weight excluding hydrogens is 577 g/mol. The second-order valence-corrected chi connectivity index (χ2v) is 14.2. The van der Waals surface area contributed by atoms with Crippen molar-refractivity contribution < 1.29 is 0 Å². The Labute approximate surface area is 281 Å². The molecule has 0 atom stereocenters. The summed E-state index contributed by atoms with van der Waals surface area (Å²) in [5.74, 6) is 0. The van der Waals surface area contributed by atoms with Crippen LogP contribution in [-0.2, 0) is 5.41 Å². The molecule has 10 aromatic carbocycles. The Balaban J connectivity index is 0.00000154. The predicted molar refractivity (Wildman–Crippen MR) is 212 cm³/mol. The molecule has 0 amide bonds. The van der Waals surface area contributed by atoms with E-state index in [2.05, 4.69) is 160 Å². The van der Waals surface area contributed by atoms with Crippen LogP contribution >= 0.6 is 0 Å². The van der Waals surface area contributed by atoms with Gasteiger partial charge in [-0.2, -0.15) is 0 Å². The molecule has 0 saturated heterocycles. The van der Waals surface area contributed by atoms with Crippen LogP contribution in [0.5, 0.6) is 0 Å². The number of fused-ring (bicyclic) bond motifs is 1. The van der Waals surface area contributed by atoms with Crippen molar-refractivity contribution in [2.45, 2.75) is 40.0 Å². The second-order valence-electron chi connectivity index (χ2n) is 14.2. The summed E-state index contributed by atoms with van der Waals surface area (Å²) in [4.78, 5) is 0. The van der Waals surface area contributed by atoms with E-state index in [1.54, 1.807) is 0 Å². The SMILES string of the molecule is CC.CC(C)(C)c1cc2ccc3ccc(-c4ccc5cc(-c6ccc7ccc8cccc9ccc6c7c89)ccc5c4)c4ccc(c1)c2c34. The van der Waals surface area contributed by atoms with Crippen molar-refractivity contribution in [1.82, 2.24) is 0 Å². The fourth-order valence-electron chi connectivity index (χ4n) is 8.07. The fraction of sp³-hybridized carbons (Fsp3) is 0.125. The Morgan fingerprint density at radius 3 is 1.21 bits per heavy atom. The molecule has 0 aliphatic rings. The Kier molecular flexibility index (Phi) is 6.30. The van der Waals surface area contributed by atoms with Gasteiger partial charge < -0.3 is 0 Å². The van der Waals surface area contributed by atoms with E-state index in [1.807, 2.05) is 13.8 Å². The summed E-state index contributed by atoms with van der Waals surface area (Å²) < 4.78 is 0. The number of rotatable bonds is 2. The van der Waals surface area contributed by atoms with Crippen LogP contribution in [0, 0.1) is 0 Å². The number of hydrogen-bond donors (Lipinski definition) is 0. The minimum atomic E-state index is 0.112. The molecule has 0 aliphatic carbocycles. The summed E-state index contributed by atoms with van der Waals surface area (Å²) in [6.07, 6.45) is 0. The van der Waals surface area contributed by atoms with Crippen molar-refractivity contribution in [2.75, 3.05) is 0 Å². The van der Waals surface area contributed by atoms with Crippen LogP contribution in [0.15, 0.2) is 140 Å². The molecule has 0 aromatic heterocycles. The van der Waals surface area contributed by atoms with Gasteiger partial charge in [0.05, 0.1) is 0 Å². The maximum atomic E-state index is 2.39. The summed E-state index contributed by atoms with van der Waals surface area (Å²) in [5, 5.41) is 18.5. The van der Waals surface area contributed by atoms with Crippen LogP contribution < -0.4 is 0 Å². The fourth-order valence-corrected chi connectivity index (χ4v) is 8.07. The van der Waals surface area contributed by atoms with E-state index in [-0.39, 0.29) is 5.41 Å². The lowest BCUT2D eigenvalue weighted by molar-refractivity contribution is 0.591. The second kappa shape index (κ2) is 10.5. The molecule has 0 N–H and O–H groups in total. The molecule has 0 nitrogen and oxygen atoms in total. The topological polar surface area (TPSA) is 0 Å². The van der Waals surface area contributed by atoms with Crippen LogP contribution in [0.2, 0.25) is 0 Å². The minimum absolute atomic E-state index is 0.112. The molecule has 48 heavy (non-hydrogen) atoms. The van der Waals surface area contributed by atoms with Gasteiger partial charge in [0.25, 0.3) is 0 Å². The van der Waals surface area contributed by atoms with Gasteiger partial charge in [-0.05, 0) is 121 Å². The zero-order valence-corrected chi connectivity index (χ0v) is 28.3. The normalized spacial score (nSPS) is 12.3. The van der Waals surface area contributed by atoms with Crippen LogP contribution in [0.25, 0.3) is 97.7 Å². The molecule has 0 bridgehead atoms. The number of hydrogen-bond acceptors (Lipinski definition) is 0. The van der Waals surface area contributed by atoms with Crippen LogP contribution in [-0.4, -0.2) is 0 Å². The first kappa shape index (κ1) is 28.7. The van der Waals surface area contributed by atoms with Gasteiger partial charge in [0, 0.05) is 0 Å². The highest BCUT2D eigenvalue weighted by molar-refractivity contribution is 6.27. The van der Waals surface area contributed by atoms with Gasteiger partial charge >= 0.3 is 0 Å². The van der Waals surface area contributed by atoms with E-state index in [0.717, 1.165) is 0 Å². The lowest BCUT2D eigenvalue weighted by atomic mass is 9.82. The van der Waals surface area contributed by atoms with Crippen LogP contribution in [0.1, 0.15) is 40.2 Å². The van der Waals surface area contributed by atoms with Gasteiger partial charge in [0.1, 0.15) is 0 Å². The third kappa shape index (κ3) is 4.22. The summed E-state index contributed by atoms with van der Waals surface area (Å²) in [6.45, 7) is 10.9. The molecule has 0 aliphatic heterocycles. The van der Waals surface area contributed by atoms with Crippen molar-refractivity contribution in [1.29, 1.82) is 0 Å². The third-order valence-corrected chi connectivity index (χ3v) is 10.5. The quantitative estimate of drug-likeness (QED) is 0.170. The molecule has 10 aromatic rings. The zero-order valence-electron chi connectivity index (χ0n) is 28.3. The molecule has 230 valence electrons. The van der Waals surface area contributed by atoms with E-state index < -0.39 is 0 Å². The molecule has 0 radical (unpaired) electrons. The predicted octanol–water partition coefficient (Wildman–Crippen LogP) is 14.3. The largest absolute Gasteiger partial charge is 0.0683 e. The van der Waals surface area contributed by atoms with Crippen LogP contribution in [0.3, 0.4) is 0 Å². The standard InChI is InChI=1S/C46H32.C2H6/c1-46(2,3)37-25-35-14-9-30-16-20-39(41-22-18-36(26-37)43(35)45(30)41)34-13-11-31-23-33(12-10-32(31)24-34)38-19-15-29-8-7-27-5-4-6-28-17-21-40(38)44(29)42(27)28;1-2/h4-26H,1-3H3;1-2H3. The highest BCUT2D eigenvalue weighted by Crippen LogP contribution is 2.43. The van der Waals surface area contributed by atoms with Crippen molar-refractivity contribution >= 4 is 75.4 Å². The molecule has 0 heterocycles. The Bertz CT molecular complexity index is 2790. The zero-order chi connectivity index (χ0) is 32.7. The Morgan fingerprint density at radius 2 is 0.708 bits per heavy atom. The lowest BCUT2D eigenvalue weighted by Crippen LogP contribution is -2.10. The number of benzene rings is 10. The highest BCUT2D eigenvalue weighted by Gasteiger charge is 2.18. The van der Waals surface area contributed by atoms with Gasteiger partial charge in [-0.15, -0.1) is 0 Å². The smallest absolute Gasteiger partial charge is 0.00206 e. The molecular formula is C48H38. The Morgan fingerprint density at radius 1 is 0.333 bits per heavy atom. The third-order valence-electron chi connectivity index (χ3n) is 10.5. The van der Waals surface area contributed by atoms with Crippen molar-refractivity contribution in [2.24, 2.45) is 0 Å².